The Hall–Kier alpha value is -1.09. The van der Waals surface area contributed by atoms with Crippen LogP contribution in [0.3, 0.4) is 0 Å². The Morgan fingerprint density at radius 3 is 2.56 bits per heavy atom. The fourth-order valence-corrected chi connectivity index (χ4v) is 3.66. The van der Waals surface area contributed by atoms with E-state index < -0.39 is 0 Å². The molecule has 96 valence electrons. The summed E-state index contributed by atoms with van der Waals surface area (Å²) in [6.45, 7) is 2.09. The van der Waals surface area contributed by atoms with E-state index in [0.717, 1.165) is 22.6 Å². The average Bonchev–Trinajstić information content (AvgIpc) is 2.94. The van der Waals surface area contributed by atoms with Crippen LogP contribution in [0.4, 0.5) is 5.69 Å². The van der Waals surface area contributed by atoms with Crippen LogP contribution in [0.25, 0.3) is 0 Å². The number of anilines is 1. The van der Waals surface area contributed by atoms with Gasteiger partial charge in [0, 0.05) is 11.7 Å². The molecule has 0 saturated heterocycles. The first-order valence-electron chi connectivity index (χ1n) is 6.85. The quantitative estimate of drug-likeness (QED) is 0.796. The van der Waals surface area contributed by atoms with E-state index in [-0.39, 0.29) is 0 Å². The zero-order valence-electron chi connectivity index (χ0n) is 10.8. The van der Waals surface area contributed by atoms with Crippen LogP contribution in [-0.4, -0.2) is 11.2 Å². The van der Waals surface area contributed by atoms with Gasteiger partial charge in [-0.3, -0.25) is 0 Å². The van der Waals surface area contributed by atoms with Crippen LogP contribution < -0.4 is 10.6 Å². The number of thiocarbonyl (C=S) groups is 1. The summed E-state index contributed by atoms with van der Waals surface area (Å²) < 4.78 is 0. The van der Waals surface area contributed by atoms with Gasteiger partial charge in [-0.25, -0.2) is 0 Å². The highest BCUT2D eigenvalue weighted by Gasteiger charge is 2.39. The molecule has 0 amide bonds. The van der Waals surface area contributed by atoms with Gasteiger partial charge >= 0.3 is 0 Å². The SMILES string of the molecule is Cc1ccc(NC(=S)N[C@@H]2C[C@H]3CC[C@H]2C3)cc1. The van der Waals surface area contributed by atoms with Crippen LogP contribution in [-0.2, 0) is 0 Å². The Kier molecular flexibility index (Phi) is 3.25. The summed E-state index contributed by atoms with van der Waals surface area (Å²) in [6, 6.07) is 8.95. The highest BCUT2D eigenvalue weighted by Crippen LogP contribution is 2.44. The minimum absolute atomic E-state index is 0.606. The Bertz CT molecular complexity index is 440. The molecule has 1 aromatic carbocycles. The van der Waals surface area contributed by atoms with Gasteiger partial charge in [0.05, 0.1) is 0 Å². The number of fused-ring (bicyclic) bond motifs is 2. The third-order valence-electron chi connectivity index (χ3n) is 4.36. The van der Waals surface area contributed by atoms with Crippen LogP contribution in [0, 0.1) is 18.8 Å². The molecule has 2 nitrogen and oxygen atoms in total. The Morgan fingerprint density at radius 1 is 1.17 bits per heavy atom. The molecule has 3 atom stereocenters. The molecule has 2 N–H and O–H groups in total. The third-order valence-corrected chi connectivity index (χ3v) is 4.58. The van der Waals surface area contributed by atoms with Crippen molar-refractivity contribution >= 4 is 23.0 Å². The summed E-state index contributed by atoms with van der Waals surface area (Å²) in [4.78, 5) is 0. The molecular weight excluding hydrogens is 240 g/mol. The maximum Gasteiger partial charge on any atom is 0.171 e. The molecule has 2 fully saturated rings. The summed E-state index contributed by atoms with van der Waals surface area (Å²) >= 11 is 5.40. The molecule has 1 aromatic rings. The van der Waals surface area contributed by atoms with Crippen molar-refractivity contribution in [2.75, 3.05) is 5.32 Å². The first kappa shape index (κ1) is 12.0. The summed E-state index contributed by atoms with van der Waals surface area (Å²) in [6.07, 6.45) is 5.53. The summed E-state index contributed by atoms with van der Waals surface area (Å²) in [5.74, 6) is 1.81. The van der Waals surface area contributed by atoms with E-state index in [1.54, 1.807) is 0 Å². The maximum atomic E-state index is 5.40. The monoisotopic (exact) mass is 260 g/mol. The number of hydrogen-bond donors (Lipinski definition) is 2. The second kappa shape index (κ2) is 4.88. The lowest BCUT2D eigenvalue weighted by Gasteiger charge is -2.24. The van der Waals surface area contributed by atoms with Crippen molar-refractivity contribution in [2.45, 2.75) is 38.6 Å². The zero-order valence-corrected chi connectivity index (χ0v) is 11.6. The van der Waals surface area contributed by atoms with Crippen LogP contribution in [0.1, 0.15) is 31.2 Å². The molecule has 0 radical (unpaired) electrons. The summed E-state index contributed by atoms with van der Waals surface area (Å²) in [7, 11) is 0. The van der Waals surface area contributed by atoms with Gasteiger partial charge in [0.15, 0.2) is 5.11 Å². The fraction of sp³-hybridized carbons (Fsp3) is 0.533. The van der Waals surface area contributed by atoms with Crippen molar-refractivity contribution in [2.24, 2.45) is 11.8 Å². The Balaban J connectivity index is 1.54. The first-order chi connectivity index (χ1) is 8.70. The zero-order chi connectivity index (χ0) is 12.5. The van der Waals surface area contributed by atoms with Crippen molar-refractivity contribution in [3.63, 3.8) is 0 Å². The van der Waals surface area contributed by atoms with E-state index in [4.69, 9.17) is 12.2 Å². The number of hydrogen-bond acceptors (Lipinski definition) is 1. The molecule has 2 bridgehead atoms. The number of aryl methyl sites for hydroxylation is 1. The number of nitrogens with one attached hydrogen (secondary N) is 2. The van der Waals surface area contributed by atoms with Gasteiger partial charge in [-0.1, -0.05) is 24.1 Å². The Morgan fingerprint density at radius 2 is 1.94 bits per heavy atom. The summed E-state index contributed by atoms with van der Waals surface area (Å²) in [5, 5.41) is 7.54. The predicted molar refractivity (Wildman–Crippen MR) is 79.8 cm³/mol. The van der Waals surface area contributed by atoms with E-state index in [1.807, 2.05) is 0 Å². The van der Waals surface area contributed by atoms with E-state index in [0.29, 0.717) is 6.04 Å². The van der Waals surface area contributed by atoms with Crippen molar-refractivity contribution in [1.29, 1.82) is 0 Å². The molecule has 2 aliphatic rings. The molecule has 2 aliphatic carbocycles. The van der Waals surface area contributed by atoms with Crippen LogP contribution in [0.2, 0.25) is 0 Å². The van der Waals surface area contributed by atoms with Crippen molar-refractivity contribution in [3.8, 4) is 0 Å². The van der Waals surface area contributed by atoms with E-state index in [1.165, 1.54) is 31.2 Å². The lowest BCUT2D eigenvalue weighted by Crippen LogP contribution is -2.40. The van der Waals surface area contributed by atoms with Gasteiger partial charge in [-0.05, 0) is 62.4 Å². The normalized spacial score (nSPS) is 29.3. The molecule has 3 rings (SSSR count). The van der Waals surface area contributed by atoms with Crippen molar-refractivity contribution in [3.05, 3.63) is 29.8 Å². The second-order valence-corrected chi connectivity index (χ2v) is 6.15. The first-order valence-corrected chi connectivity index (χ1v) is 7.26. The maximum absolute atomic E-state index is 5.40. The minimum atomic E-state index is 0.606. The summed E-state index contributed by atoms with van der Waals surface area (Å²) in [5.41, 5.74) is 2.34. The van der Waals surface area contributed by atoms with Gasteiger partial charge in [0.1, 0.15) is 0 Å². The van der Waals surface area contributed by atoms with Crippen LogP contribution in [0.15, 0.2) is 24.3 Å². The van der Waals surface area contributed by atoms with Crippen molar-refractivity contribution < 1.29 is 0 Å². The van der Waals surface area contributed by atoms with E-state index >= 15 is 0 Å². The molecule has 18 heavy (non-hydrogen) atoms. The fourth-order valence-electron chi connectivity index (χ4n) is 3.39. The molecule has 0 unspecified atom stereocenters. The highest BCUT2D eigenvalue weighted by atomic mass is 32.1. The van der Waals surface area contributed by atoms with Gasteiger partial charge in [-0.15, -0.1) is 0 Å². The molecule has 0 aliphatic heterocycles. The van der Waals surface area contributed by atoms with Gasteiger partial charge in [0.25, 0.3) is 0 Å². The topological polar surface area (TPSA) is 24.1 Å². The second-order valence-electron chi connectivity index (χ2n) is 5.75. The van der Waals surface area contributed by atoms with Crippen LogP contribution >= 0.6 is 12.2 Å². The molecule has 0 heterocycles. The van der Waals surface area contributed by atoms with Gasteiger partial charge in [0.2, 0.25) is 0 Å². The van der Waals surface area contributed by atoms with E-state index in [9.17, 15) is 0 Å². The lowest BCUT2D eigenvalue weighted by molar-refractivity contribution is 0.392. The lowest BCUT2D eigenvalue weighted by atomic mass is 9.96. The minimum Gasteiger partial charge on any atom is -0.359 e. The largest absolute Gasteiger partial charge is 0.359 e. The molecular formula is C15H20N2S. The highest BCUT2D eigenvalue weighted by molar-refractivity contribution is 7.80. The smallest absolute Gasteiger partial charge is 0.171 e. The average molecular weight is 260 g/mol. The van der Waals surface area contributed by atoms with Crippen LogP contribution in [0.5, 0.6) is 0 Å². The van der Waals surface area contributed by atoms with E-state index in [2.05, 4.69) is 41.8 Å². The number of benzene rings is 1. The molecule has 2 saturated carbocycles. The van der Waals surface area contributed by atoms with Crippen molar-refractivity contribution in [1.82, 2.24) is 5.32 Å². The number of rotatable bonds is 2. The van der Waals surface area contributed by atoms with Gasteiger partial charge in [-0.2, -0.15) is 0 Å². The van der Waals surface area contributed by atoms with Gasteiger partial charge < -0.3 is 10.6 Å². The molecule has 0 spiro atoms. The standard InChI is InChI=1S/C15H20N2S/c1-10-2-6-13(7-3-10)16-15(18)17-14-9-11-4-5-12(14)8-11/h2-3,6-7,11-12,14H,4-5,8-9H2,1H3,(H2,16,17,18)/t11-,12-,14+/m0/s1. The molecule has 3 heteroatoms. The molecule has 0 aromatic heterocycles. The third kappa shape index (κ3) is 2.51. The predicted octanol–water partition coefficient (Wildman–Crippen LogP) is 3.47. The Labute approximate surface area is 114 Å².